The number of carbonyl (C=O) groups excluding carboxylic acids is 2. The van der Waals surface area contributed by atoms with Gasteiger partial charge in [-0.3, -0.25) is 14.6 Å². The van der Waals surface area contributed by atoms with E-state index in [9.17, 15) is 9.59 Å². The molecule has 1 N–H and O–H groups in total. The van der Waals surface area contributed by atoms with Gasteiger partial charge in [0.1, 0.15) is 5.75 Å². The van der Waals surface area contributed by atoms with Crippen LogP contribution >= 0.6 is 0 Å². The second kappa shape index (κ2) is 9.18. The number of hydrogen-bond donors (Lipinski definition) is 1. The summed E-state index contributed by atoms with van der Waals surface area (Å²) in [5, 5.41) is 5.84. The van der Waals surface area contributed by atoms with Gasteiger partial charge >= 0.3 is 5.97 Å². The van der Waals surface area contributed by atoms with Gasteiger partial charge in [0.05, 0.1) is 11.4 Å². The highest BCUT2D eigenvalue weighted by molar-refractivity contribution is 5.95. The van der Waals surface area contributed by atoms with Crippen LogP contribution in [0.4, 0.5) is 5.69 Å². The third kappa shape index (κ3) is 4.78. The molecule has 5 heteroatoms. The minimum absolute atomic E-state index is 0.00437. The zero-order valence-corrected chi connectivity index (χ0v) is 18.5. The molecule has 1 aromatic heterocycles. The molecule has 0 aliphatic rings. The Morgan fingerprint density at radius 2 is 1.72 bits per heavy atom. The molecule has 162 valence electrons. The molecule has 0 bridgehead atoms. The molecule has 5 nitrogen and oxygen atoms in total. The number of pyridine rings is 1. The van der Waals surface area contributed by atoms with Crippen LogP contribution in [0.5, 0.6) is 5.75 Å². The number of carbonyl (C=O) groups is 2. The number of esters is 1. The Morgan fingerprint density at radius 1 is 0.938 bits per heavy atom. The molecule has 0 spiro atoms. The molecule has 0 radical (unpaired) electrons. The molecule has 1 unspecified atom stereocenters. The van der Waals surface area contributed by atoms with Gasteiger partial charge in [-0.15, -0.1) is 0 Å². The van der Waals surface area contributed by atoms with Crippen molar-refractivity contribution in [2.75, 3.05) is 5.32 Å². The second-order valence-corrected chi connectivity index (χ2v) is 8.39. The van der Waals surface area contributed by atoms with Crippen LogP contribution < -0.4 is 10.1 Å². The zero-order chi connectivity index (χ0) is 22.7. The summed E-state index contributed by atoms with van der Waals surface area (Å²) >= 11 is 0. The molecular weight excluding hydrogens is 400 g/mol. The SMILES string of the molecule is CC(C)C(=O)Nc1ccc2cc(CC(C)C(=O)Oc3cccc4ncccc34)ccc2c1. The lowest BCUT2D eigenvalue weighted by Crippen LogP contribution is -2.20. The average Bonchev–Trinajstić information content (AvgIpc) is 2.79. The standard InChI is InChI=1S/C27H26N2O3/c1-17(2)26(30)29-22-12-11-20-15-19(9-10-21(20)16-22)14-18(3)27(31)32-25-8-4-7-24-23(25)6-5-13-28-24/h4-13,15-18H,14H2,1-3H3,(H,29,30). The summed E-state index contributed by atoms with van der Waals surface area (Å²) < 4.78 is 5.70. The number of rotatable bonds is 6. The molecule has 4 rings (SSSR count). The molecule has 1 atom stereocenters. The molecule has 3 aromatic carbocycles. The number of hydrogen-bond acceptors (Lipinski definition) is 4. The van der Waals surface area contributed by atoms with Crippen molar-refractivity contribution in [3.05, 3.63) is 78.5 Å². The average molecular weight is 427 g/mol. The number of ether oxygens (including phenoxy) is 1. The van der Waals surface area contributed by atoms with E-state index in [1.165, 1.54) is 0 Å². The predicted octanol–water partition coefficient (Wildman–Crippen LogP) is 5.77. The minimum Gasteiger partial charge on any atom is -0.426 e. The maximum atomic E-state index is 12.7. The molecule has 0 saturated heterocycles. The summed E-state index contributed by atoms with van der Waals surface area (Å²) in [5.41, 5.74) is 2.63. The van der Waals surface area contributed by atoms with E-state index in [0.717, 1.165) is 32.9 Å². The van der Waals surface area contributed by atoms with Gasteiger partial charge in [-0.2, -0.15) is 0 Å². The summed E-state index contributed by atoms with van der Waals surface area (Å²) in [7, 11) is 0. The summed E-state index contributed by atoms with van der Waals surface area (Å²) in [4.78, 5) is 29.0. The monoisotopic (exact) mass is 426 g/mol. The van der Waals surface area contributed by atoms with Crippen LogP contribution in [0.2, 0.25) is 0 Å². The zero-order valence-electron chi connectivity index (χ0n) is 18.5. The Kier molecular flexibility index (Phi) is 6.17. The van der Waals surface area contributed by atoms with Crippen molar-refractivity contribution in [2.45, 2.75) is 27.2 Å². The highest BCUT2D eigenvalue weighted by Crippen LogP contribution is 2.26. The molecule has 32 heavy (non-hydrogen) atoms. The fourth-order valence-electron chi connectivity index (χ4n) is 3.60. The number of anilines is 1. The van der Waals surface area contributed by atoms with Crippen molar-refractivity contribution in [3.63, 3.8) is 0 Å². The molecular formula is C27H26N2O3. The van der Waals surface area contributed by atoms with Crippen LogP contribution in [0.15, 0.2) is 72.9 Å². The summed E-state index contributed by atoms with van der Waals surface area (Å²) in [6.45, 7) is 5.61. The fraction of sp³-hybridized carbons (Fsp3) is 0.222. The highest BCUT2D eigenvalue weighted by atomic mass is 16.5. The Bertz CT molecular complexity index is 1290. The Morgan fingerprint density at radius 3 is 2.53 bits per heavy atom. The third-order valence-electron chi connectivity index (χ3n) is 5.46. The topological polar surface area (TPSA) is 68.3 Å². The summed E-state index contributed by atoms with van der Waals surface area (Å²) in [6, 6.07) is 21.2. The van der Waals surface area contributed by atoms with Crippen LogP contribution in [0.1, 0.15) is 26.3 Å². The van der Waals surface area contributed by atoms with E-state index in [0.29, 0.717) is 12.2 Å². The van der Waals surface area contributed by atoms with E-state index in [1.54, 1.807) is 12.3 Å². The maximum Gasteiger partial charge on any atom is 0.314 e. The first-order valence-corrected chi connectivity index (χ1v) is 10.8. The van der Waals surface area contributed by atoms with E-state index in [1.807, 2.05) is 75.4 Å². The number of benzene rings is 3. The van der Waals surface area contributed by atoms with E-state index >= 15 is 0 Å². The normalized spacial score (nSPS) is 12.1. The lowest BCUT2D eigenvalue weighted by atomic mass is 9.98. The number of nitrogens with zero attached hydrogens (tertiary/aromatic N) is 1. The van der Waals surface area contributed by atoms with Gasteiger partial charge in [0.2, 0.25) is 5.91 Å². The number of aromatic nitrogens is 1. The minimum atomic E-state index is -0.302. The van der Waals surface area contributed by atoms with Crippen molar-refractivity contribution in [3.8, 4) is 5.75 Å². The van der Waals surface area contributed by atoms with Crippen molar-refractivity contribution < 1.29 is 14.3 Å². The van der Waals surface area contributed by atoms with E-state index in [4.69, 9.17) is 4.74 Å². The van der Waals surface area contributed by atoms with Gasteiger partial charge in [0.25, 0.3) is 0 Å². The van der Waals surface area contributed by atoms with Crippen LogP contribution in [0.3, 0.4) is 0 Å². The Hall–Kier alpha value is -3.73. The molecule has 1 heterocycles. The van der Waals surface area contributed by atoms with Crippen LogP contribution in [0.25, 0.3) is 21.7 Å². The number of nitrogens with one attached hydrogen (secondary N) is 1. The number of amides is 1. The van der Waals surface area contributed by atoms with Crippen LogP contribution in [-0.2, 0) is 16.0 Å². The van der Waals surface area contributed by atoms with E-state index in [2.05, 4.69) is 16.4 Å². The van der Waals surface area contributed by atoms with Crippen molar-refractivity contribution in [1.82, 2.24) is 4.98 Å². The second-order valence-electron chi connectivity index (χ2n) is 8.39. The highest BCUT2D eigenvalue weighted by Gasteiger charge is 2.18. The molecule has 0 aliphatic carbocycles. The molecule has 1 amide bonds. The first-order valence-electron chi connectivity index (χ1n) is 10.8. The fourth-order valence-corrected chi connectivity index (χ4v) is 3.60. The molecule has 0 saturated carbocycles. The molecule has 0 aliphatic heterocycles. The first-order chi connectivity index (χ1) is 15.4. The van der Waals surface area contributed by atoms with Gasteiger partial charge in [0.15, 0.2) is 0 Å². The van der Waals surface area contributed by atoms with E-state index in [-0.39, 0.29) is 23.7 Å². The maximum absolute atomic E-state index is 12.7. The summed E-state index contributed by atoms with van der Waals surface area (Å²) in [5.74, 6) is -0.117. The van der Waals surface area contributed by atoms with Gasteiger partial charge < -0.3 is 10.1 Å². The van der Waals surface area contributed by atoms with Crippen molar-refractivity contribution in [2.24, 2.45) is 11.8 Å². The van der Waals surface area contributed by atoms with Gasteiger partial charge in [-0.25, -0.2) is 0 Å². The lowest BCUT2D eigenvalue weighted by Gasteiger charge is -2.13. The van der Waals surface area contributed by atoms with Crippen LogP contribution in [0, 0.1) is 11.8 Å². The lowest BCUT2D eigenvalue weighted by molar-refractivity contribution is -0.138. The Balaban J connectivity index is 1.46. The smallest absolute Gasteiger partial charge is 0.314 e. The third-order valence-corrected chi connectivity index (χ3v) is 5.46. The van der Waals surface area contributed by atoms with Gasteiger partial charge in [-0.05, 0) is 59.2 Å². The quantitative estimate of drug-likeness (QED) is 0.314. The first kappa shape index (κ1) is 21.5. The van der Waals surface area contributed by atoms with Crippen molar-refractivity contribution in [1.29, 1.82) is 0 Å². The predicted molar refractivity (Wildman–Crippen MR) is 128 cm³/mol. The van der Waals surface area contributed by atoms with Crippen LogP contribution in [-0.4, -0.2) is 16.9 Å². The molecule has 4 aromatic rings. The van der Waals surface area contributed by atoms with Crippen molar-refractivity contribution >= 4 is 39.2 Å². The number of fused-ring (bicyclic) bond motifs is 2. The Labute approximate surface area is 187 Å². The summed E-state index contributed by atoms with van der Waals surface area (Å²) in [6.07, 6.45) is 2.29. The molecule has 0 fully saturated rings. The van der Waals surface area contributed by atoms with Gasteiger partial charge in [0, 0.05) is 23.2 Å². The largest absolute Gasteiger partial charge is 0.426 e. The van der Waals surface area contributed by atoms with Gasteiger partial charge in [-0.1, -0.05) is 51.1 Å². The van der Waals surface area contributed by atoms with E-state index < -0.39 is 0 Å².